The number of carboxylic acids is 1. The SMILES string of the molecule is O=C(O)c1cccc(-c2noc(C34CCC(COCc5c(-c6c(Cl)cccc6Cl)noc5C5CC5)(CC3)C4)n2)c1. The Labute approximate surface area is 240 Å². The monoisotopic (exact) mass is 579 g/mol. The van der Waals surface area contributed by atoms with E-state index in [2.05, 4.69) is 10.3 Å². The minimum Gasteiger partial charge on any atom is -0.478 e. The molecule has 0 radical (unpaired) electrons. The van der Waals surface area contributed by atoms with Crippen LogP contribution in [0.4, 0.5) is 0 Å². The highest BCUT2D eigenvalue weighted by Gasteiger charge is 2.57. The highest BCUT2D eigenvalue weighted by atomic mass is 35.5. The second-order valence-corrected chi connectivity index (χ2v) is 12.3. The van der Waals surface area contributed by atoms with E-state index >= 15 is 0 Å². The van der Waals surface area contributed by atoms with Crippen molar-refractivity contribution >= 4 is 29.2 Å². The first-order valence-corrected chi connectivity index (χ1v) is 14.3. The molecule has 8 nitrogen and oxygen atoms in total. The quantitative estimate of drug-likeness (QED) is 0.214. The van der Waals surface area contributed by atoms with E-state index in [0.29, 0.717) is 57.7 Å². The number of aromatic carboxylic acids is 1. The van der Waals surface area contributed by atoms with Crippen molar-refractivity contribution in [3.05, 3.63) is 75.3 Å². The zero-order valence-electron chi connectivity index (χ0n) is 21.7. The predicted molar refractivity (Wildman–Crippen MR) is 147 cm³/mol. The van der Waals surface area contributed by atoms with Gasteiger partial charge in [-0.2, -0.15) is 4.98 Å². The third-order valence-electron chi connectivity index (χ3n) is 8.85. The lowest BCUT2D eigenvalue weighted by Gasteiger charge is -2.26. The first-order chi connectivity index (χ1) is 19.4. The molecule has 2 bridgehead atoms. The molecule has 1 N–H and O–H groups in total. The highest BCUT2D eigenvalue weighted by molar-refractivity contribution is 6.39. The van der Waals surface area contributed by atoms with E-state index in [9.17, 15) is 9.90 Å². The summed E-state index contributed by atoms with van der Waals surface area (Å²) in [7, 11) is 0. The van der Waals surface area contributed by atoms with Crippen molar-refractivity contribution in [2.24, 2.45) is 5.41 Å². The van der Waals surface area contributed by atoms with Gasteiger partial charge in [0.1, 0.15) is 11.5 Å². The molecule has 0 unspecified atom stereocenters. The number of nitrogens with zero attached hydrogens (tertiary/aromatic N) is 3. The molecule has 0 spiro atoms. The van der Waals surface area contributed by atoms with Crippen LogP contribution in [0.2, 0.25) is 10.0 Å². The Bertz CT molecular complexity index is 1580. The van der Waals surface area contributed by atoms with Crippen LogP contribution >= 0.6 is 23.2 Å². The number of hydrogen-bond acceptors (Lipinski definition) is 7. The maximum atomic E-state index is 11.4. The van der Waals surface area contributed by atoms with Crippen LogP contribution in [-0.2, 0) is 16.8 Å². The Balaban J connectivity index is 1.07. The molecule has 10 heteroatoms. The van der Waals surface area contributed by atoms with Gasteiger partial charge in [0.2, 0.25) is 11.7 Å². The van der Waals surface area contributed by atoms with Crippen molar-refractivity contribution in [1.29, 1.82) is 0 Å². The summed E-state index contributed by atoms with van der Waals surface area (Å²) in [6.07, 6.45) is 7.01. The second kappa shape index (κ2) is 9.72. The number of halogens is 2. The van der Waals surface area contributed by atoms with Crippen molar-refractivity contribution < 1.29 is 23.7 Å². The largest absolute Gasteiger partial charge is 0.478 e. The second-order valence-electron chi connectivity index (χ2n) is 11.5. The Morgan fingerprint density at radius 2 is 1.77 bits per heavy atom. The van der Waals surface area contributed by atoms with Crippen molar-refractivity contribution in [2.75, 3.05) is 6.61 Å². The van der Waals surface area contributed by atoms with E-state index in [1.165, 1.54) is 0 Å². The van der Waals surface area contributed by atoms with Gasteiger partial charge in [-0.1, -0.05) is 51.7 Å². The Hall–Kier alpha value is -3.20. The number of carboxylic acid groups (broad SMARTS) is 1. The fourth-order valence-corrected chi connectivity index (χ4v) is 7.16. The Morgan fingerprint density at radius 3 is 2.50 bits per heavy atom. The van der Waals surface area contributed by atoms with Crippen molar-refractivity contribution in [3.8, 4) is 22.6 Å². The molecule has 2 aromatic carbocycles. The van der Waals surface area contributed by atoms with Crippen LogP contribution in [0.15, 0.2) is 51.5 Å². The predicted octanol–water partition coefficient (Wildman–Crippen LogP) is 7.69. The summed E-state index contributed by atoms with van der Waals surface area (Å²) in [6.45, 7) is 0.993. The molecule has 40 heavy (non-hydrogen) atoms. The first-order valence-electron chi connectivity index (χ1n) is 13.5. The number of rotatable bonds is 9. The molecule has 2 aromatic heterocycles. The van der Waals surface area contributed by atoms with Gasteiger partial charge in [0, 0.05) is 22.6 Å². The Kier molecular flexibility index (Phi) is 6.25. The zero-order chi connectivity index (χ0) is 27.5. The van der Waals surface area contributed by atoms with Crippen LogP contribution in [0.1, 0.15) is 78.4 Å². The summed E-state index contributed by atoms with van der Waals surface area (Å²) in [5.41, 5.74) is 2.96. The van der Waals surface area contributed by atoms with E-state index in [0.717, 1.165) is 56.3 Å². The van der Waals surface area contributed by atoms with Gasteiger partial charge in [-0.05, 0) is 74.6 Å². The van der Waals surface area contributed by atoms with Crippen LogP contribution in [0.25, 0.3) is 22.6 Å². The standard InChI is InChI=1S/C30H27Cl2N3O5/c31-21-5-2-6-22(32)23(21)24-20(25(39-34-24)17-7-8-17)14-38-16-29-9-11-30(15-29,12-10-29)28-33-26(35-40-28)18-3-1-4-19(13-18)27(36)37/h1-6,13,17H,7-12,14-16H2,(H,36,37). The summed E-state index contributed by atoms with van der Waals surface area (Å²) in [5, 5.41) is 19.0. The smallest absolute Gasteiger partial charge is 0.335 e. The van der Waals surface area contributed by atoms with Gasteiger partial charge in [0.05, 0.1) is 34.2 Å². The molecule has 2 heterocycles. The number of fused-ring (bicyclic) bond motifs is 2. The molecule has 0 aliphatic heterocycles. The van der Waals surface area contributed by atoms with Gasteiger partial charge in [-0.25, -0.2) is 4.79 Å². The molecule has 4 aromatic rings. The molecular formula is C30H27Cl2N3O5. The van der Waals surface area contributed by atoms with E-state index in [1.807, 2.05) is 6.07 Å². The third-order valence-corrected chi connectivity index (χ3v) is 9.48. The Morgan fingerprint density at radius 1 is 1.02 bits per heavy atom. The van der Waals surface area contributed by atoms with Crippen LogP contribution in [0.5, 0.6) is 0 Å². The lowest BCUT2D eigenvalue weighted by atomic mass is 9.82. The van der Waals surface area contributed by atoms with Gasteiger partial charge < -0.3 is 18.9 Å². The molecular weight excluding hydrogens is 553 g/mol. The maximum absolute atomic E-state index is 11.4. The van der Waals surface area contributed by atoms with E-state index in [4.69, 9.17) is 42.0 Å². The molecule has 206 valence electrons. The third kappa shape index (κ3) is 4.42. The van der Waals surface area contributed by atoms with Crippen molar-refractivity contribution in [3.63, 3.8) is 0 Å². The highest BCUT2D eigenvalue weighted by Crippen LogP contribution is 2.62. The van der Waals surface area contributed by atoms with Crippen LogP contribution in [0.3, 0.4) is 0 Å². The normalized spacial score (nSPS) is 23.6. The lowest BCUT2D eigenvalue weighted by molar-refractivity contribution is 0.0376. The maximum Gasteiger partial charge on any atom is 0.335 e. The number of carbonyl (C=O) groups is 1. The summed E-state index contributed by atoms with van der Waals surface area (Å²) >= 11 is 13.0. The molecule has 3 saturated carbocycles. The fourth-order valence-electron chi connectivity index (χ4n) is 6.58. The molecule has 3 aliphatic carbocycles. The lowest BCUT2D eigenvalue weighted by Crippen LogP contribution is -2.21. The van der Waals surface area contributed by atoms with E-state index in [-0.39, 0.29) is 16.4 Å². The summed E-state index contributed by atoms with van der Waals surface area (Å²) in [5.74, 6) is 1.30. The van der Waals surface area contributed by atoms with Crippen LogP contribution < -0.4 is 0 Å². The molecule has 3 aliphatic rings. The molecule has 0 saturated heterocycles. The first kappa shape index (κ1) is 25.7. The number of aromatic nitrogens is 3. The van der Waals surface area contributed by atoms with Gasteiger partial charge in [-0.15, -0.1) is 0 Å². The molecule has 7 rings (SSSR count). The minimum atomic E-state index is -0.988. The summed E-state index contributed by atoms with van der Waals surface area (Å²) in [4.78, 5) is 16.1. The fraction of sp³-hybridized carbons (Fsp3) is 0.400. The van der Waals surface area contributed by atoms with Gasteiger partial charge in [0.25, 0.3) is 0 Å². The zero-order valence-corrected chi connectivity index (χ0v) is 23.2. The van der Waals surface area contributed by atoms with E-state index < -0.39 is 5.97 Å². The topological polar surface area (TPSA) is 111 Å². The minimum absolute atomic E-state index is 0.0387. The molecule has 0 amide bonds. The average molecular weight is 580 g/mol. The van der Waals surface area contributed by atoms with Crippen LogP contribution in [-0.4, -0.2) is 33.0 Å². The van der Waals surface area contributed by atoms with Crippen molar-refractivity contribution in [1.82, 2.24) is 15.3 Å². The number of hydrogen-bond donors (Lipinski definition) is 1. The summed E-state index contributed by atoms with van der Waals surface area (Å²) in [6, 6.07) is 12.0. The average Bonchev–Trinajstić information content (AvgIpc) is 3.30. The van der Waals surface area contributed by atoms with Gasteiger partial charge in [0.15, 0.2) is 0 Å². The molecule has 3 fully saturated rings. The van der Waals surface area contributed by atoms with Gasteiger partial charge in [-0.3, -0.25) is 0 Å². The van der Waals surface area contributed by atoms with Crippen LogP contribution in [0, 0.1) is 5.41 Å². The summed E-state index contributed by atoms with van der Waals surface area (Å²) < 4.78 is 18.0. The van der Waals surface area contributed by atoms with E-state index in [1.54, 1.807) is 36.4 Å². The number of benzene rings is 2. The van der Waals surface area contributed by atoms with Crippen molar-refractivity contribution in [2.45, 2.75) is 62.9 Å². The molecule has 0 atom stereocenters. The number of ether oxygens (including phenoxy) is 1. The van der Waals surface area contributed by atoms with Gasteiger partial charge >= 0.3 is 5.97 Å².